The lowest BCUT2D eigenvalue weighted by Crippen LogP contribution is -2.50. The minimum Gasteiger partial charge on any atom is -0.490 e. The number of aryl methyl sites for hydroxylation is 1. The second kappa shape index (κ2) is 10.3. The van der Waals surface area contributed by atoms with Gasteiger partial charge in [-0.1, -0.05) is 23.7 Å². The molecule has 5 nitrogen and oxygen atoms in total. The summed E-state index contributed by atoms with van der Waals surface area (Å²) in [6, 6.07) is 12.0. The zero-order chi connectivity index (χ0) is 22.5. The first-order chi connectivity index (χ1) is 15.5. The van der Waals surface area contributed by atoms with Gasteiger partial charge in [-0.15, -0.1) is 0 Å². The minimum atomic E-state index is -0.586. The number of benzene rings is 2. The van der Waals surface area contributed by atoms with E-state index in [-0.39, 0.29) is 11.5 Å². The molecule has 32 heavy (non-hydrogen) atoms. The second-order valence-corrected chi connectivity index (χ2v) is 8.91. The van der Waals surface area contributed by atoms with Crippen LogP contribution in [0.1, 0.15) is 48.0 Å². The number of carbonyl (C=O) groups excluding carboxylic acids is 2. The van der Waals surface area contributed by atoms with Gasteiger partial charge in [-0.25, -0.2) is 4.39 Å². The first-order valence-corrected chi connectivity index (χ1v) is 11.6. The van der Waals surface area contributed by atoms with E-state index in [1.54, 1.807) is 9.80 Å². The lowest BCUT2D eigenvalue weighted by molar-refractivity contribution is -0.132. The van der Waals surface area contributed by atoms with E-state index >= 15 is 0 Å². The SMILES string of the molecule is O=C(CCc1cccc(OC2CCCC2)c1)N1CCN(C(=O)c2cc(Cl)ccc2F)CC1. The molecule has 2 fully saturated rings. The second-order valence-electron chi connectivity index (χ2n) is 8.47. The van der Waals surface area contributed by atoms with Gasteiger partial charge in [0.05, 0.1) is 11.7 Å². The topological polar surface area (TPSA) is 49.9 Å². The highest BCUT2D eigenvalue weighted by Crippen LogP contribution is 2.25. The molecule has 7 heteroatoms. The molecule has 0 radical (unpaired) electrons. The fourth-order valence-corrected chi connectivity index (χ4v) is 4.55. The van der Waals surface area contributed by atoms with Crippen LogP contribution in [0, 0.1) is 5.82 Å². The van der Waals surface area contributed by atoms with E-state index in [9.17, 15) is 14.0 Å². The summed E-state index contributed by atoms with van der Waals surface area (Å²) in [6.07, 6.45) is 6.04. The molecule has 0 unspecified atom stereocenters. The molecule has 0 atom stereocenters. The fraction of sp³-hybridized carbons (Fsp3) is 0.440. The number of rotatable bonds is 6. The number of hydrogen-bond acceptors (Lipinski definition) is 3. The van der Waals surface area contributed by atoms with Crippen molar-refractivity contribution in [2.24, 2.45) is 0 Å². The zero-order valence-corrected chi connectivity index (χ0v) is 18.8. The Bertz CT molecular complexity index is 969. The number of hydrogen-bond donors (Lipinski definition) is 0. The molecule has 2 aromatic rings. The van der Waals surface area contributed by atoms with Gasteiger partial charge in [0.2, 0.25) is 5.91 Å². The van der Waals surface area contributed by atoms with E-state index in [2.05, 4.69) is 0 Å². The Balaban J connectivity index is 1.26. The van der Waals surface area contributed by atoms with Crippen molar-refractivity contribution in [3.05, 3.63) is 64.4 Å². The Hall–Kier alpha value is -2.60. The number of carbonyl (C=O) groups is 2. The average Bonchev–Trinajstić information content (AvgIpc) is 3.32. The van der Waals surface area contributed by atoms with E-state index in [4.69, 9.17) is 16.3 Å². The molecule has 0 aromatic heterocycles. The average molecular weight is 459 g/mol. The first-order valence-electron chi connectivity index (χ1n) is 11.3. The van der Waals surface area contributed by atoms with Crippen molar-refractivity contribution in [1.82, 2.24) is 9.80 Å². The van der Waals surface area contributed by atoms with Crippen LogP contribution in [0.3, 0.4) is 0 Å². The first kappa shape index (κ1) is 22.6. The summed E-state index contributed by atoms with van der Waals surface area (Å²) >= 11 is 5.90. The summed E-state index contributed by atoms with van der Waals surface area (Å²) in [5.41, 5.74) is 1.05. The number of ether oxygens (including phenoxy) is 1. The van der Waals surface area contributed by atoms with Gasteiger partial charge in [-0.3, -0.25) is 9.59 Å². The summed E-state index contributed by atoms with van der Waals surface area (Å²) in [5, 5.41) is 0.321. The smallest absolute Gasteiger partial charge is 0.257 e. The Morgan fingerprint density at radius 3 is 2.47 bits per heavy atom. The van der Waals surface area contributed by atoms with Gasteiger partial charge in [0.15, 0.2) is 0 Å². The molecule has 1 saturated carbocycles. The zero-order valence-electron chi connectivity index (χ0n) is 18.1. The Labute approximate surface area is 193 Å². The van der Waals surface area contributed by atoms with Crippen molar-refractivity contribution in [2.75, 3.05) is 26.2 Å². The normalized spacial score (nSPS) is 16.9. The molecule has 1 heterocycles. The van der Waals surface area contributed by atoms with Gasteiger partial charge in [-0.05, 0) is 68.0 Å². The third-order valence-corrected chi connectivity index (χ3v) is 6.44. The highest BCUT2D eigenvalue weighted by molar-refractivity contribution is 6.31. The third-order valence-electron chi connectivity index (χ3n) is 6.21. The summed E-state index contributed by atoms with van der Waals surface area (Å²) in [6.45, 7) is 1.64. The number of nitrogens with zero attached hydrogens (tertiary/aromatic N) is 2. The summed E-state index contributed by atoms with van der Waals surface area (Å²) in [7, 11) is 0. The van der Waals surface area contributed by atoms with E-state index in [0.29, 0.717) is 50.1 Å². The molecule has 0 bridgehead atoms. The molecule has 1 aliphatic heterocycles. The van der Waals surface area contributed by atoms with Crippen LogP contribution in [0.25, 0.3) is 0 Å². The van der Waals surface area contributed by atoms with Crippen LogP contribution in [-0.4, -0.2) is 53.9 Å². The van der Waals surface area contributed by atoms with E-state index in [1.165, 1.54) is 31.0 Å². The van der Waals surface area contributed by atoms with Gasteiger partial charge < -0.3 is 14.5 Å². The van der Waals surface area contributed by atoms with E-state index < -0.39 is 11.7 Å². The maximum Gasteiger partial charge on any atom is 0.257 e. The lowest BCUT2D eigenvalue weighted by Gasteiger charge is -2.35. The summed E-state index contributed by atoms with van der Waals surface area (Å²) in [5.74, 6) is -0.0383. The van der Waals surface area contributed by atoms with Crippen LogP contribution in [0.4, 0.5) is 4.39 Å². The third kappa shape index (κ3) is 5.60. The molecular weight excluding hydrogens is 431 g/mol. The molecule has 2 aliphatic rings. The van der Waals surface area contributed by atoms with Crippen molar-refractivity contribution in [2.45, 2.75) is 44.6 Å². The van der Waals surface area contributed by atoms with E-state index in [1.807, 2.05) is 24.3 Å². The van der Waals surface area contributed by atoms with E-state index in [0.717, 1.165) is 24.2 Å². The summed E-state index contributed by atoms with van der Waals surface area (Å²) in [4.78, 5) is 28.7. The Kier molecular flexibility index (Phi) is 7.30. The van der Waals surface area contributed by atoms with Crippen molar-refractivity contribution in [3.63, 3.8) is 0 Å². The van der Waals surface area contributed by atoms with Crippen LogP contribution >= 0.6 is 11.6 Å². The predicted octanol–water partition coefficient (Wildman–Crippen LogP) is 4.72. The molecule has 2 aromatic carbocycles. The highest BCUT2D eigenvalue weighted by atomic mass is 35.5. The van der Waals surface area contributed by atoms with Gasteiger partial charge >= 0.3 is 0 Å². The molecule has 1 aliphatic carbocycles. The van der Waals surface area contributed by atoms with Gasteiger partial charge in [0.25, 0.3) is 5.91 Å². The van der Waals surface area contributed by atoms with Crippen LogP contribution in [-0.2, 0) is 11.2 Å². The number of piperazine rings is 1. The monoisotopic (exact) mass is 458 g/mol. The quantitative estimate of drug-likeness (QED) is 0.629. The minimum absolute atomic E-state index is 0.0306. The van der Waals surface area contributed by atoms with Crippen LogP contribution < -0.4 is 4.74 Å². The van der Waals surface area contributed by atoms with Crippen molar-refractivity contribution in [3.8, 4) is 5.75 Å². The summed E-state index contributed by atoms with van der Waals surface area (Å²) < 4.78 is 20.1. The van der Waals surface area contributed by atoms with Gasteiger partial charge in [0, 0.05) is 37.6 Å². The molecule has 170 valence electrons. The highest BCUT2D eigenvalue weighted by Gasteiger charge is 2.26. The molecule has 4 rings (SSSR count). The Morgan fingerprint density at radius 1 is 1.00 bits per heavy atom. The molecule has 0 spiro atoms. The van der Waals surface area contributed by atoms with Crippen LogP contribution in [0.5, 0.6) is 5.75 Å². The predicted molar refractivity (Wildman–Crippen MR) is 122 cm³/mol. The van der Waals surface area contributed by atoms with Gasteiger partial charge in [0.1, 0.15) is 11.6 Å². The maximum absolute atomic E-state index is 14.0. The van der Waals surface area contributed by atoms with Crippen LogP contribution in [0.15, 0.2) is 42.5 Å². The van der Waals surface area contributed by atoms with Gasteiger partial charge in [-0.2, -0.15) is 0 Å². The van der Waals surface area contributed by atoms with Crippen molar-refractivity contribution >= 4 is 23.4 Å². The standard InChI is InChI=1S/C25H28ClFN2O3/c26-19-9-10-23(27)22(17-19)25(31)29-14-12-28(13-15-29)24(30)11-8-18-4-3-7-21(16-18)32-20-5-1-2-6-20/h3-4,7,9-10,16-17,20H,1-2,5-6,8,11-15H2. The number of amides is 2. The molecular formula is C25H28ClFN2O3. The molecule has 1 saturated heterocycles. The maximum atomic E-state index is 14.0. The lowest BCUT2D eigenvalue weighted by atomic mass is 10.1. The largest absolute Gasteiger partial charge is 0.490 e. The molecule has 0 N–H and O–H groups in total. The Morgan fingerprint density at radius 2 is 1.72 bits per heavy atom. The van der Waals surface area contributed by atoms with Crippen molar-refractivity contribution in [1.29, 1.82) is 0 Å². The van der Waals surface area contributed by atoms with Crippen LogP contribution in [0.2, 0.25) is 5.02 Å². The van der Waals surface area contributed by atoms with Crippen molar-refractivity contribution < 1.29 is 18.7 Å². The molecule has 2 amide bonds. The number of halogens is 2. The fourth-order valence-electron chi connectivity index (χ4n) is 4.37.